The molecule has 0 fully saturated rings. The third kappa shape index (κ3) is 2.35. The van der Waals surface area contributed by atoms with Gasteiger partial charge in [0.25, 0.3) is 5.91 Å². The highest BCUT2D eigenvalue weighted by Crippen LogP contribution is 2.26. The van der Waals surface area contributed by atoms with Gasteiger partial charge in [-0.2, -0.15) is 5.10 Å². The number of anilines is 1. The van der Waals surface area contributed by atoms with Crippen molar-refractivity contribution in [2.45, 2.75) is 0 Å². The van der Waals surface area contributed by atoms with Crippen LogP contribution in [0.5, 0.6) is 0 Å². The Labute approximate surface area is 126 Å². The van der Waals surface area contributed by atoms with Crippen molar-refractivity contribution in [3.05, 3.63) is 39.7 Å². The van der Waals surface area contributed by atoms with Crippen LogP contribution in [-0.4, -0.2) is 20.7 Å². The summed E-state index contributed by atoms with van der Waals surface area (Å²) in [4.78, 5) is 16.6. The molecule has 0 saturated carbocycles. The number of nitrogens with zero attached hydrogens (tertiary/aromatic N) is 3. The van der Waals surface area contributed by atoms with Gasteiger partial charge >= 0.3 is 0 Å². The van der Waals surface area contributed by atoms with Gasteiger partial charge < -0.3 is 0 Å². The SMILES string of the molecule is Cn1ncc(I)c1C(=O)Nc1nc2ccccc2s1. The number of aromatic nitrogens is 3. The van der Waals surface area contributed by atoms with E-state index in [-0.39, 0.29) is 5.91 Å². The van der Waals surface area contributed by atoms with Gasteiger partial charge in [0.15, 0.2) is 5.13 Å². The summed E-state index contributed by atoms with van der Waals surface area (Å²) in [6, 6.07) is 7.79. The van der Waals surface area contributed by atoms with Gasteiger partial charge in [-0.05, 0) is 34.7 Å². The summed E-state index contributed by atoms with van der Waals surface area (Å²) in [6.45, 7) is 0. The van der Waals surface area contributed by atoms with Crippen LogP contribution in [0.15, 0.2) is 30.5 Å². The predicted octanol–water partition coefficient (Wildman–Crippen LogP) is 2.89. The van der Waals surface area contributed by atoms with Crippen molar-refractivity contribution in [2.24, 2.45) is 7.05 Å². The number of benzene rings is 1. The van der Waals surface area contributed by atoms with Crippen LogP contribution in [0.25, 0.3) is 10.2 Å². The first-order valence-electron chi connectivity index (χ1n) is 5.49. The second kappa shape index (κ2) is 4.89. The van der Waals surface area contributed by atoms with Gasteiger partial charge in [0.05, 0.1) is 20.0 Å². The number of thiazole rings is 1. The molecule has 96 valence electrons. The fourth-order valence-electron chi connectivity index (χ4n) is 1.75. The van der Waals surface area contributed by atoms with E-state index >= 15 is 0 Å². The molecule has 0 unspecified atom stereocenters. The van der Waals surface area contributed by atoms with Gasteiger partial charge in [0, 0.05) is 7.05 Å². The predicted molar refractivity (Wildman–Crippen MR) is 83.5 cm³/mol. The number of hydrogen-bond acceptors (Lipinski definition) is 4. The van der Waals surface area contributed by atoms with Crippen molar-refractivity contribution < 1.29 is 4.79 Å². The normalized spacial score (nSPS) is 10.8. The van der Waals surface area contributed by atoms with Gasteiger partial charge in [0.1, 0.15) is 5.69 Å². The van der Waals surface area contributed by atoms with Crippen LogP contribution in [0.2, 0.25) is 0 Å². The summed E-state index contributed by atoms with van der Waals surface area (Å²) in [6.07, 6.45) is 1.66. The highest BCUT2D eigenvalue weighted by Gasteiger charge is 2.16. The molecule has 1 amide bonds. The Kier molecular flexibility index (Phi) is 3.23. The molecule has 1 aromatic carbocycles. The number of fused-ring (bicyclic) bond motifs is 1. The zero-order valence-corrected chi connectivity index (χ0v) is 12.9. The van der Waals surface area contributed by atoms with Crippen LogP contribution in [0.1, 0.15) is 10.5 Å². The summed E-state index contributed by atoms with van der Waals surface area (Å²) in [7, 11) is 1.75. The quantitative estimate of drug-likeness (QED) is 0.692. The number of nitrogens with one attached hydrogen (secondary N) is 1. The van der Waals surface area contributed by atoms with E-state index in [4.69, 9.17) is 0 Å². The molecule has 5 nitrogen and oxygen atoms in total. The fraction of sp³-hybridized carbons (Fsp3) is 0.0833. The fourth-order valence-corrected chi connectivity index (χ4v) is 3.33. The summed E-state index contributed by atoms with van der Waals surface area (Å²) in [5.74, 6) is -0.191. The largest absolute Gasteiger partial charge is 0.296 e. The number of rotatable bonds is 2. The van der Waals surface area contributed by atoms with Gasteiger partial charge in [-0.3, -0.25) is 14.8 Å². The molecule has 0 aliphatic heterocycles. The minimum atomic E-state index is -0.191. The Balaban J connectivity index is 1.91. The summed E-state index contributed by atoms with van der Waals surface area (Å²) in [5, 5.41) is 7.47. The lowest BCUT2D eigenvalue weighted by atomic mass is 10.3. The first kappa shape index (κ1) is 12.5. The number of halogens is 1. The van der Waals surface area contributed by atoms with Gasteiger partial charge in [-0.1, -0.05) is 23.5 Å². The van der Waals surface area contributed by atoms with Crippen molar-refractivity contribution in [1.82, 2.24) is 14.8 Å². The molecule has 3 aromatic rings. The molecule has 2 aromatic heterocycles. The van der Waals surface area contributed by atoms with E-state index in [0.717, 1.165) is 13.8 Å². The van der Waals surface area contributed by atoms with E-state index in [0.29, 0.717) is 10.8 Å². The molecule has 0 saturated heterocycles. The van der Waals surface area contributed by atoms with Crippen molar-refractivity contribution >= 4 is 55.2 Å². The third-order valence-electron chi connectivity index (χ3n) is 2.62. The van der Waals surface area contributed by atoms with Crippen LogP contribution in [0, 0.1) is 3.57 Å². The van der Waals surface area contributed by atoms with E-state index in [2.05, 4.69) is 38.0 Å². The molecule has 0 aliphatic carbocycles. The molecule has 0 atom stereocenters. The molecular weight excluding hydrogens is 375 g/mol. The third-order valence-corrected chi connectivity index (χ3v) is 4.36. The Morgan fingerprint density at radius 3 is 2.89 bits per heavy atom. The topological polar surface area (TPSA) is 59.8 Å². The van der Waals surface area contributed by atoms with Crippen molar-refractivity contribution in [1.29, 1.82) is 0 Å². The lowest BCUT2D eigenvalue weighted by Gasteiger charge is -2.02. The van der Waals surface area contributed by atoms with E-state index in [9.17, 15) is 4.79 Å². The lowest BCUT2D eigenvalue weighted by molar-refractivity contribution is 0.101. The van der Waals surface area contributed by atoms with E-state index in [1.54, 1.807) is 17.9 Å². The van der Waals surface area contributed by atoms with Crippen LogP contribution in [0.4, 0.5) is 5.13 Å². The maximum absolute atomic E-state index is 12.2. The second-order valence-corrected chi connectivity index (χ2v) is 6.10. The van der Waals surface area contributed by atoms with Gasteiger partial charge in [0.2, 0.25) is 0 Å². The number of amides is 1. The van der Waals surface area contributed by atoms with Gasteiger partial charge in [-0.25, -0.2) is 4.98 Å². The van der Waals surface area contributed by atoms with Crippen LogP contribution < -0.4 is 5.32 Å². The minimum Gasteiger partial charge on any atom is -0.296 e. The molecule has 0 aliphatic rings. The molecule has 7 heteroatoms. The molecule has 0 bridgehead atoms. The first-order chi connectivity index (χ1) is 9.15. The average Bonchev–Trinajstić information content (AvgIpc) is 2.92. The van der Waals surface area contributed by atoms with Crippen LogP contribution in [-0.2, 0) is 7.05 Å². The van der Waals surface area contributed by atoms with E-state index in [1.807, 2.05) is 24.3 Å². The number of hydrogen-bond donors (Lipinski definition) is 1. The molecule has 2 heterocycles. The average molecular weight is 384 g/mol. The molecule has 19 heavy (non-hydrogen) atoms. The van der Waals surface area contributed by atoms with Crippen molar-refractivity contribution in [3.8, 4) is 0 Å². The summed E-state index contributed by atoms with van der Waals surface area (Å²) < 4.78 is 3.43. The Morgan fingerprint density at radius 2 is 2.21 bits per heavy atom. The zero-order chi connectivity index (χ0) is 13.4. The number of carbonyl (C=O) groups excluding carboxylic acids is 1. The highest BCUT2D eigenvalue weighted by atomic mass is 127. The highest BCUT2D eigenvalue weighted by molar-refractivity contribution is 14.1. The maximum Gasteiger partial charge on any atom is 0.276 e. The number of carbonyl (C=O) groups is 1. The summed E-state index contributed by atoms with van der Waals surface area (Å²) in [5.41, 5.74) is 1.43. The van der Waals surface area contributed by atoms with Crippen LogP contribution >= 0.6 is 33.9 Å². The molecule has 3 rings (SSSR count). The smallest absolute Gasteiger partial charge is 0.276 e. The van der Waals surface area contributed by atoms with Crippen molar-refractivity contribution in [3.63, 3.8) is 0 Å². The molecule has 1 N–H and O–H groups in total. The first-order valence-corrected chi connectivity index (χ1v) is 7.39. The van der Waals surface area contributed by atoms with E-state index < -0.39 is 0 Å². The monoisotopic (exact) mass is 384 g/mol. The van der Waals surface area contributed by atoms with Crippen molar-refractivity contribution in [2.75, 3.05) is 5.32 Å². The number of aryl methyl sites for hydroxylation is 1. The minimum absolute atomic E-state index is 0.191. The molecular formula is C12H9IN4OS. The lowest BCUT2D eigenvalue weighted by Crippen LogP contribution is -2.17. The van der Waals surface area contributed by atoms with E-state index in [1.165, 1.54) is 11.3 Å². The maximum atomic E-state index is 12.2. The summed E-state index contributed by atoms with van der Waals surface area (Å²) >= 11 is 3.55. The molecule has 0 radical (unpaired) electrons. The zero-order valence-electron chi connectivity index (χ0n) is 9.92. The second-order valence-electron chi connectivity index (χ2n) is 3.91. The Bertz CT molecular complexity index is 712. The Morgan fingerprint density at radius 1 is 1.42 bits per heavy atom. The number of para-hydroxylation sites is 1. The molecule has 0 spiro atoms. The van der Waals surface area contributed by atoms with Crippen LogP contribution in [0.3, 0.4) is 0 Å². The Hall–Kier alpha value is -1.48. The van der Waals surface area contributed by atoms with Gasteiger partial charge in [-0.15, -0.1) is 0 Å². The standard InChI is InChI=1S/C12H9IN4OS/c1-17-10(7(13)6-14-17)11(18)16-12-15-8-4-2-3-5-9(8)19-12/h2-6H,1H3,(H,15,16,18).